The van der Waals surface area contributed by atoms with Crippen LogP contribution in [0.2, 0.25) is 8.67 Å². The molecule has 0 atom stereocenters. The molecule has 1 aromatic carbocycles. The first-order valence-electron chi connectivity index (χ1n) is 7.24. The molecular formula is C16H10Cl2N2O4S3. The fourth-order valence-corrected chi connectivity index (χ4v) is 5.86. The fraction of sp³-hybridized carbons (Fsp3) is 0. The highest BCUT2D eigenvalue weighted by molar-refractivity contribution is 7.90. The molecule has 2 amide bonds. The van der Waals surface area contributed by atoms with Crippen molar-refractivity contribution in [3.8, 4) is 0 Å². The van der Waals surface area contributed by atoms with Crippen molar-refractivity contribution in [2.75, 3.05) is 5.32 Å². The van der Waals surface area contributed by atoms with Gasteiger partial charge in [-0.15, -0.1) is 22.7 Å². The van der Waals surface area contributed by atoms with E-state index in [1.807, 2.05) is 4.72 Å². The SMILES string of the molecule is O=C(Nc1ccccc1C(=O)NS(=O)(=O)c1cc(Cl)sc1Cl)c1cccs1. The number of hydrogen-bond acceptors (Lipinski definition) is 6. The summed E-state index contributed by atoms with van der Waals surface area (Å²) in [7, 11) is -4.22. The topological polar surface area (TPSA) is 92.3 Å². The normalized spacial score (nSPS) is 11.2. The summed E-state index contributed by atoms with van der Waals surface area (Å²) in [5.74, 6) is -1.31. The highest BCUT2D eigenvalue weighted by Gasteiger charge is 2.25. The molecule has 0 unspecified atom stereocenters. The molecule has 11 heteroatoms. The zero-order valence-electron chi connectivity index (χ0n) is 13.2. The van der Waals surface area contributed by atoms with E-state index in [0.29, 0.717) is 4.88 Å². The molecule has 0 bridgehead atoms. The molecule has 0 fully saturated rings. The van der Waals surface area contributed by atoms with Gasteiger partial charge in [0.15, 0.2) is 0 Å². The number of carbonyl (C=O) groups is 2. The van der Waals surface area contributed by atoms with Crippen LogP contribution in [-0.4, -0.2) is 20.2 Å². The summed E-state index contributed by atoms with van der Waals surface area (Å²) < 4.78 is 26.9. The first-order chi connectivity index (χ1) is 12.8. The number of amides is 2. The molecule has 3 aromatic rings. The van der Waals surface area contributed by atoms with Crippen LogP contribution in [0.15, 0.2) is 52.7 Å². The van der Waals surface area contributed by atoms with Gasteiger partial charge in [-0.1, -0.05) is 41.4 Å². The number of anilines is 1. The van der Waals surface area contributed by atoms with Crippen molar-refractivity contribution in [1.82, 2.24) is 4.72 Å². The Hall–Kier alpha value is -1.91. The predicted molar refractivity (Wildman–Crippen MR) is 108 cm³/mol. The van der Waals surface area contributed by atoms with E-state index in [4.69, 9.17) is 23.2 Å². The van der Waals surface area contributed by atoms with Crippen molar-refractivity contribution in [2.24, 2.45) is 0 Å². The average molecular weight is 461 g/mol. The molecule has 0 saturated heterocycles. The minimum atomic E-state index is -4.22. The second kappa shape index (κ2) is 7.99. The second-order valence-corrected chi connectivity index (χ2v) is 9.98. The molecule has 6 nitrogen and oxygen atoms in total. The van der Waals surface area contributed by atoms with Gasteiger partial charge in [0.25, 0.3) is 21.8 Å². The number of halogens is 2. The van der Waals surface area contributed by atoms with Gasteiger partial charge in [-0.2, -0.15) is 0 Å². The zero-order chi connectivity index (χ0) is 19.6. The molecule has 0 aliphatic heterocycles. The maximum atomic E-state index is 12.5. The Labute approximate surface area is 172 Å². The van der Waals surface area contributed by atoms with Crippen LogP contribution in [0.4, 0.5) is 5.69 Å². The van der Waals surface area contributed by atoms with E-state index in [0.717, 1.165) is 17.4 Å². The monoisotopic (exact) mass is 460 g/mol. The molecule has 3 rings (SSSR count). The highest BCUT2D eigenvalue weighted by atomic mass is 35.5. The fourth-order valence-electron chi connectivity index (χ4n) is 2.12. The first kappa shape index (κ1) is 19.8. The molecule has 0 radical (unpaired) electrons. The molecule has 140 valence electrons. The van der Waals surface area contributed by atoms with Crippen LogP contribution >= 0.6 is 45.9 Å². The van der Waals surface area contributed by atoms with Gasteiger partial charge >= 0.3 is 0 Å². The van der Waals surface area contributed by atoms with Crippen molar-refractivity contribution >= 4 is 73.4 Å². The Morgan fingerprint density at radius 2 is 1.74 bits per heavy atom. The number of hydrogen-bond donors (Lipinski definition) is 2. The molecule has 0 spiro atoms. The molecule has 2 N–H and O–H groups in total. The standard InChI is InChI=1S/C16H10Cl2N2O4S3/c17-13-8-12(14(18)26-13)27(23,24)20-15(21)9-4-1-2-5-10(9)19-16(22)11-6-3-7-25-11/h1-8H,(H,19,22)(H,20,21). The Bertz CT molecular complexity index is 1110. The zero-order valence-corrected chi connectivity index (χ0v) is 17.2. The van der Waals surface area contributed by atoms with Crippen molar-refractivity contribution in [2.45, 2.75) is 4.90 Å². The first-order valence-corrected chi connectivity index (χ1v) is 11.2. The van der Waals surface area contributed by atoms with Crippen LogP contribution in [0.5, 0.6) is 0 Å². The van der Waals surface area contributed by atoms with Crippen molar-refractivity contribution in [3.05, 3.63) is 67.0 Å². The predicted octanol–water partition coefficient (Wildman–Crippen LogP) is 4.49. The summed E-state index contributed by atoms with van der Waals surface area (Å²) in [6.45, 7) is 0. The molecule has 2 heterocycles. The molecule has 0 saturated carbocycles. The lowest BCUT2D eigenvalue weighted by atomic mass is 10.1. The van der Waals surface area contributed by atoms with E-state index in [2.05, 4.69) is 5.32 Å². The van der Waals surface area contributed by atoms with E-state index < -0.39 is 21.8 Å². The van der Waals surface area contributed by atoms with Gasteiger partial charge in [0, 0.05) is 0 Å². The van der Waals surface area contributed by atoms with Crippen LogP contribution < -0.4 is 10.0 Å². The van der Waals surface area contributed by atoms with E-state index in [-0.39, 0.29) is 24.8 Å². The Morgan fingerprint density at radius 1 is 1.00 bits per heavy atom. The number of thiophene rings is 2. The van der Waals surface area contributed by atoms with Gasteiger partial charge in [0.2, 0.25) is 0 Å². The number of carbonyl (C=O) groups excluding carboxylic acids is 2. The van der Waals surface area contributed by atoms with Gasteiger partial charge in [-0.3, -0.25) is 9.59 Å². The van der Waals surface area contributed by atoms with Gasteiger partial charge in [-0.25, -0.2) is 13.1 Å². The summed E-state index contributed by atoms with van der Waals surface area (Å²) in [6, 6.07) is 10.6. The van der Waals surface area contributed by atoms with Crippen LogP contribution in [-0.2, 0) is 10.0 Å². The third-order valence-corrected chi connectivity index (χ3v) is 7.26. The minimum Gasteiger partial charge on any atom is -0.321 e. The maximum absolute atomic E-state index is 12.5. The highest BCUT2D eigenvalue weighted by Crippen LogP contribution is 2.34. The lowest BCUT2D eigenvalue weighted by Crippen LogP contribution is -2.31. The summed E-state index contributed by atoms with van der Waals surface area (Å²) in [5.41, 5.74) is 0.168. The van der Waals surface area contributed by atoms with E-state index in [9.17, 15) is 18.0 Å². The van der Waals surface area contributed by atoms with Crippen LogP contribution in [0.3, 0.4) is 0 Å². The lowest BCUT2D eigenvalue weighted by molar-refractivity contribution is 0.0982. The lowest BCUT2D eigenvalue weighted by Gasteiger charge is -2.11. The smallest absolute Gasteiger partial charge is 0.267 e. The van der Waals surface area contributed by atoms with Crippen LogP contribution in [0, 0.1) is 0 Å². The number of sulfonamides is 1. The van der Waals surface area contributed by atoms with Gasteiger partial charge < -0.3 is 5.32 Å². The third kappa shape index (κ3) is 4.50. The molecule has 0 aliphatic carbocycles. The summed E-state index contributed by atoms with van der Waals surface area (Å²) >= 11 is 13.7. The average Bonchev–Trinajstić information content (AvgIpc) is 3.24. The summed E-state index contributed by atoms with van der Waals surface area (Å²) in [4.78, 5) is 24.9. The number of nitrogens with one attached hydrogen (secondary N) is 2. The number of para-hydroxylation sites is 1. The molecule has 2 aromatic heterocycles. The van der Waals surface area contributed by atoms with Gasteiger partial charge in [-0.05, 0) is 29.6 Å². The Kier molecular flexibility index (Phi) is 5.87. The molecular weight excluding hydrogens is 451 g/mol. The Balaban J connectivity index is 1.85. The quantitative estimate of drug-likeness (QED) is 0.586. The second-order valence-electron chi connectivity index (χ2n) is 5.10. The number of rotatable bonds is 5. The van der Waals surface area contributed by atoms with E-state index in [1.54, 1.807) is 29.6 Å². The van der Waals surface area contributed by atoms with Crippen LogP contribution in [0.1, 0.15) is 20.0 Å². The largest absolute Gasteiger partial charge is 0.321 e. The van der Waals surface area contributed by atoms with Gasteiger partial charge in [0.1, 0.15) is 9.23 Å². The van der Waals surface area contributed by atoms with E-state index in [1.165, 1.54) is 23.5 Å². The Morgan fingerprint density at radius 3 is 2.37 bits per heavy atom. The maximum Gasteiger partial charge on any atom is 0.267 e. The number of benzene rings is 1. The molecule has 27 heavy (non-hydrogen) atoms. The molecule has 0 aliphatic rings. The van der Waals surface area contributed by atoms with Crippen LogP contribution in [0.25, 0.3) is 0 Å². The van der Waals surface area contributed by atoms with Crippen molar-refractivity contribution in [1.29, 1.82) is 0 Å². The third-order valence-electron chi connectivity index (χ3n) is 3.31. The van der Waals surface area contributed by atoms with Crippen molar-refractivity contribution < 1.29 is 18.0 Å². The van der Waals surface area contributed by atoms with E-state index >= 15 is 0 Å². The van der Waals surface area contributed by atoms with Gasteiger partial charge in [0.05, 0.1) is 20.5 Å². The summed E-state index contributed by atoms with van der Waals surface area (Å²) in [5, 5.41) is 4.35. The minimum absolute atomic E-state index is 0.0107. The van der Waals surface area contributed by atoms with Crippen molar-refractivity contribution in [3.63, 3.8) is 0 Å². The summed E-state index contributed by atoms with van der Waals surface area (Å²) in [6.07, 6.45) is 0.